The van der Waals surface area contributed by atoms with Gasteiger partial charge >= 0.3 is 0 Å². The standard InChI is InChI=1S/C49H33NS/c1-30-26-31(2)28-33(27-30)50(44-29-32-14-3-4-15-34(32)46-38-19-8-12-25-45(38)51-48(44)46)43-24-13-23-42-47(43)37-18-7-11-22-41(37)49(42)39-20-9-5-16-35(39)36-17-6-10-21-40(36)49/h3-29H,1-2H3. The molecule has 1 heterocycles. The van der Waals surface area contributed by atoms with Crippen molar-refractivity contribution in [3.8, 4) is 22.3 Å². The van der Waals surface area contributed by atoms with Crippen LogP contribution in [0.4, 0.5) is 17.1 Å². The predicted octanol–water partition coefficient (Wildman–Crippen LogP) is 13.6. The summed E-state index contributed by atoms with van der Waals surface area (Å²) in [6.07, 6.45) is 0. The highest BCUT2D eigenvalue weighted by Crippen LogP contribution is 2.65. The lowest BCUT2D eigenvalue weighted by molar-refractivity contribution is 0.794. The third-order valence-electron chi connectivity index (χ3n) is 11.3. The summed E-state index contributed by atoms with van der Waals surface area (Å²) >= 11 is 1.91. The number of benzene rings is 8. The summed E-state index contributed by atoms with van der Waals surface area (Å²) in [4.78, 5) is 2.57. The van der Waals surface area contributed by atoms with Gasteiger partial charge in [-0.1, -0.05) is 133 Å². The molecular weight excluding hydrogens is 635 g/mol. The van der Waals surface area contributed by atoms with Crippen LogP contribution in [0.15, 0.2) is 164 Å². The molecule has 0 saturated carbocycles. The number of aryl methyl sites for hydroxylation is 2. The van der Waals surface area contributed by atoms with E-state index in [1.165, 1.54) is 104 Å². The summed E-state index contributed by atoms with van der Waals surface area (Å²) in [6, 6.07) is 61.6. The summed E-state index contributed by atoms with van der Waals surface area (Å²) in [5.74, 6) is 0. The second kappa shape index (κ2) is 10.5. The smallest absolute Gasteiger partial charge is 0.0726 e. The summed E-state index contributed by atoms with van der Waals surface area (Å²) in [7, 11) is 0. The van der Waals surface area contributed by atoms with Gasteiger partial charge in [-0.15, -0.1) is 11.3 Å². The maximum atomic E-state index is 2.57. The van der Waals surface area contributed by atoms with Crippen molar-refractivity contribution in [1.29, 1.82) is 0 Å². The summed E-state index contributed by atoms with van der Waals surface area (Å²) in [5.41, 5.74) is 16.4. The molecule has 2 aliphatic rings. The fraction of sp³-hybridized carbons (Fsp3) is 0.0612. The first-order valence-corrected chi connectivity index (χ1v) is 18.6. The Morgan fingerprint density at radius 2 is 1.04 bits per heavy atom. The van der Waals surface area contributed by atoms with Crippen molar-refractivity contribution in [3.05, 3.63) is 197 Å². The Bertz CT molecular complexity index is 2840. The molecule has 1 aromatic heterocycles. The van der Waals surface area contributed by atoms with E-state index < -0.39 is 5.41 Å². The van der Waals surface area contributed by atoms with E-state index >= 15 is 0 Å². The Balaban J connectivity index is 1.30. The summed E-state index contributed by atoms with van der Waals surface area (Å²) < 4.78 is 2.62. The third kappa shape index (κ3) is 3.80. The highest BCUT2D eigenvalue weighted by Gasteiger charge is 2.52. The van der Waals surface area contributed by atoms with Crippen molar-refractivity contribution in [3.63, 3.8) is 0 Å². The van der Waals surface area contributed by atoms with Gasteiger partial charge in [0.2, 0.25) is 0 Å². The Morgan fingerprint density at radius 1 is 0.471 bits per heavy atom. The monoisotopic (exact) mass is 667 g/mol. The van der Waals surface area contributed by atoms with Crippen LogP contribution >= 0.6 is 11.3 Å². The molecule has 240 valence electrons. The lowest BCUT2D eigenvalue weighted by atomic mass is 9.70. The predicted molar refractivity (Wildman–Crippen MR) is 217 cm³/mol. The molecule has 0 atom stereocenters. The third-order valence-corrected chi connectivity index (χ3v) is 12.5. The molecule has 0 amide bonds. The lowest BCUT2D eigenvalue weighted by Crippen LogP contribution is -2.26. The van der Waals surface area contributed by atoms with E-state index in [2.05, 4.69) is 183 Å². The van der Waals surface area contributed by atoms with Gasteiger partial charge in [-0.3, -0.25) is 0 Å². The Hall–Kier alpha value is -5.96. The van der Waals surface area contributed by atoms with Gasteiger partial charge in [0, 0.05) is 26.7 Å². The van der Waals surface area contributed by atoms with Crippen LogP contribution in [0.5, 0.6) is 0 Å². The van der Waals surface area contributed by atoms with E-state index in [4.69, 9.17) is 0 Å². The maximum absolute atomic E-state index is 2.57. The largest absolute Gasteiger partial charge is 0.308 e. The van der Waals surface area contributed by atoms with Crippen LogP contribution in [0.1, 0.15) is 33.4 Å². The van der Waals surface area contributed by atoms with Gasteiger partial charge in [0.25, 0.3) is 0 Å². The fourth-order valence-corrected chi connectivity index (χ4v) is 10.7. The van der Waals surface area contributed by atoms with Crippen LogP contribution in [0.2, 0.25) is 0 Å². The van der Waals surface area contributed by atoms with Crippen molar-refractivity contribution in [2.45, 2.75) is 19.3 Å². The molecule has 0 aliphatic heterocycles. The number of thiophene rings is 1. The van der Waals surface area contributed by atoms with Crippen LogP contribution in [0.3, 0.4) is 0 Å². The van der Waals surface area contributed by atoms with Crippen LogP contribution in [0, 0.1) is 13.8 Å². The average Bonchev–Trinajstić information content (AvgIpc) is 3.80. The molecule has 51 heavy (non-hydrogen) atoms. The molecule has 0 saturated heterocycles. The minimum Gasteiger partial charge on any atom is -0.308 e. The second-order valence-corrected chi connectivity index (χ2v) is 15.2. The molecule has 11 rings (SSSR count). The Kier molecular flexibility index (Phi) is 5.95. The van der Waals surface area contributed by atoms with Crippen molar-refractivity contribution < 1.29 is 0 Å². The minimum absolute atomic E-state index is 0.403. The molecular formula is C49H33NS. The number of nitrogens with zero attached hydrogens (tertiary/aromatic N) is 1. The van der Waals surface area contributed by atoms with E-state index in [9.17, 15) is 0 Å². The first-order chi connectivity index (χ1) is 25.1. The van der Waals surface area contributed by atoms with Crippen LogP contribution < -0.4 is 4.90 Å². The van der Waals surface area contributed by atoms with Crippen molar-refractivity contribution >= 4 is 59.3 Å². The SMILES string of the molecule is Cc1cc(C)cc(N(c2cccc3c2-c2ccccc2C32c3ccccc3-c3ccccc32)c2cc3ccccc3c3c2sc2ccccc23)c1. The van der Waals surface area contributed by atoms with E-state index in [1.807, 2.05) is 11.3 Å². The zero-order valence-corrected chi connectivity index (χ0v) is 29.3. The highest BCUT2D eigenvalue weighted by atomic mass is 32.1. The number of hydrogen-bond acceptors (Lipinski definition) is 2. The van der Waals surface area contributed by atoms with E-state index in [-0.39, 0.29) is 0 Å². The molecule has 2 aliphatic carbocycles. The van der Waals surface area contributed by atoms with Gasteiger partial charge in [-0.2, -0.15) is 0 Å². The van der Waals surface area contributed by atoms with E-state index in [0.717, 1.165) is 0 Å². The molecule has 2 heteroatoms. The molecule has 0 unspecified atom stereocenters. The molecule has 1 nitrogen and oxygen atoms in total. The molecule has 0 bridgehead atoms. The Morgan fingerprint density at radius 3 is 1.76 bits per heavy atom. The molecule has 1 spiro atoms. The normalized spacial score (nSPS) is 13.5. The number of hydrogen-bond donors (Lipinski definition) is 0. The highest BCUT2D eigenvalue weighted by molar-refractivity contribution is 7.26. The van der Waals surface area contributed by atoms with Crippen molar-refractivity contribution in [2.75, 3.05) is 4.90 Å². The van der Waals surface area contributed by atoms with Gasteiger partial charge in [0.15, 0.2) is 0 Å². The minimum atomic E-state index is -0.403. The zero-order chi connectivity index (χ0) is 33.8. The van der Waals surface area contributed by atoms with E-state index in [0.29, 0.717) is 0 Å². The van der Waals surface area contributed by atoms with Gasteiger partial charge in [0.1, 0.15) is 0 Å². The van der Waals surface area contributed by atoms with E-state index in [1.54, 1.807) is 0 Å². The zero-order valence-electron chi connectivity index (χ0n) is 28.4. The number of rotatable bonds is 3. The number of fused-ring (bicyclic) bond motifs is 15. The number of anilines is 3. The maximum Gasteiger partial charge on any atom is 0.0726 e. The van der Waals surface area contributed by atoms with Gasteiger partial charge in [0.05, 0.1) is 21.5 Å². The lowest BCUT2D eigenvalue weighted by Gasteiger charge is -2.32. The first kappa shape index (κ1) is 28.8. The fourth-order valence-electron chi connectivity index (χ4n) is 9.52. The molecule has 0 N–H and O–H groups in total. The van der Waals surface area contributed by atoms with Gasteiger partial charge in [-0.05, 0) is 105 Å². The second-order valence-electron chi connectivity index (χ2n) is 14.2. The first-order valence-electron chi connectivity index (χ1n) is 17.8. The summed E-state index contributed by atoms with van der Waals surface area (Å²) in [6.45, 7) is 4.44. The van der Waals surface area contributed by atoms with Gasteiger partial charge < -0.3 is 4.90 Å². The molecule has 9 aromatic rings. The van der Waals surface area contributed by atoms with Crippen LogP contribution in [0.25, 0.3) is 53.2 Å². The van der Waals surface area contributed by atoms with Crippen molar-refractivity contribution in [1.82, 2.24) is 0 Å². The van der Waals surface area contributed by atoms with Crippen LogP contribution in [-0.4, -0.2) is 0 Å². The van der Waals surface area contributed by atoms with Crippen LogP contribution in [-0.2, 0) is 5.41 Å². The molecule has 0 radical (unpaired) electrons. The molecule has 8 aromatic carbocycles. The topological polar surface area (TPSA) is 3.24 Å². The average molecular weight is 668 g/mol. The molecule has 0 fully saturated rings. The van der Waals surface area contributed by atoms with Crippen molar-refractivity contribution in [2.24, 2.45) is 0 Å². The quantitative estimate of drug-likeness (QED) is 0.181. The Labute approximate surface area is 301 Å². The van der Waals surface area contributed by atoms with Gasteiger partial charge in [-0.25, -0.2) is 0 Å². The summed E-state index contributed by atoms with van der Waals surface area (Å²) in [5, 5.41) is 5.20.